The van der Waals surface area contributed by atoms with Crippen molar-refractivity contribution in [2.45, 2.75) is 12.5 Å². The van der Waals surface area contributed by atoms with E-state index in [0.717, 1.165) is 0 Å². The quantitative estimate of drug-likeness (QED) is 0.924. The van der Waals surface area contributed by atoms with E-state index in [2.05, 4.69) is 9.97 Å². The molecule has 0 radical (unpaired) electrons. The zero-order valence-corrected chi connectivity index (χ0v) is 11.0. The molecule has 7 heteroatoms. The van der Waals surface area contributed by atoms with Crippen LogP contribution in [-0.2, 0) is 0 Å². The summed E-state index contributed by atoms with van der Waals surface area (Å²) < 4.78 is 15.2. The first-order valence-electron chi connectivity index (χ1n) is 5.93. The molecule has 102 valence electrons. The van der Waals surface area contributed by atoms with Gasteiger partial charge >= 0.3 is 0 Å². The largest absolute Gasteiger partial charge is 0.363 e. The molecule has 1 aliphatic carbocycles. The van der Waals surface area contributed by atoms with Gasteiger partial charge < -0.3 is 5.73 Å². The standard InChI is InChI=1S/C13H10ClFN4O/c14-8-4-3-7(6-9(8)15)19-12-10(2-1-5-17-12)18-13(19)11(16)20/h1-5,7H,6H2,(H2,16,20). The van der Waals surface area contributed by atoms with E-state index >= 15 is 0 Å². The van der Waals surface area contributed by atoms with Gasteiger partial charge in [0.25, 0.3) is 5.91 Å². The number of pyridine rings is 1. The van der Waals surface area contributed by atoms with Crippen molar-refractivity contribution < 1.29 is 9.18 Å². The van der Waals surface area contributed by atoms with Crippen LogP contribution in [0.4, 0.5) is 4.39 Å². The lowest BCUT2D eigenvalue weighted by atomic mass is 10.1. The maximum Gasteiger partial charge on any atom is 0.284 e. The van der Waals surface area contributed by atoms with Gasteiger partial charge in [-0.25, -0.2) is 14.4 Å². The lowest BCUT2D eigenvalue weighted by Gasteiger charge is -2.19. The molecule has 3 rings (SSSR count). The zero-order chi connectivity index (χ0) is 14.3. The van der Waals surface area contributed by atoms with E-state index in [0.29, 0.717) is 11.2 Å². The maximum atomic E-state index is 13.7. The molecule has 2 aromatic heterocycles. The number of fused-ring (bicyclic) bond motifs is 1. The minimum absolute atomic E-state index is 0.0393. The molecule has 0 bridgehead atoms. The molecular weight excluding hydrogens is 283 g/mol. The van der Waals surface area contributed by atoms with Crippen molar-refractivity contribution in [3.8, 4) is 0 Å². The fourth-order valence-electron chi connectivity index (χ4n) is 2.23. The van der Waals surface area contributed by atoms with Crippen LogP contribution in [0.5, 0.6) is 0 Å². The van der Waals surface area contributed by atoms with Crippen molar-refractivity contribution in [3.63, 3.8) is 0 Å². The van der Waals surface area contributed by atoms with Gasteiger partial charge in [-0.1, -0.05) is 17.7 Å². The lowest BCUT2D eigenvalue weighted by Crippen LogP contribution is -2.21. The molecule has 1 aliphatic rings. The van der Waals surface area contributed by atoms with Gasteiger partial charge in [-0.2, -0.15) is 0 Å². The first-order chi connectivity index (χ1) is 9.58. The number of hydrogen-bond donors (Lipinski definition) is 1. The number of halogens is 2. The van der Waals surface area contributed by atoms with E-state index in [-0.39, 0.29) is 17.3 Å². The molecule has 0 aromatic carbocycles. The highest BCUT2D eigenvalue weighted by Crippen LogP contribution is 2.32. The molecule has 1 unspecified atom stereocenters. The van der Waals surface area contributed by atoms with Gasteiger partial charge in [0.05, 0.1) is 11.1 Å². The molecule has 0 saturated heterocycles. The molecular formula is C13H10ClFN4O. The minimum Gasteiger partial charge on any atom is -0.363 e. The summed E-state index contributed by atoms with van der Waals surface area (Å²) in [4.78, 5) is 19.9. The number of hydrogen-bond acceptors (Lipinski definition) is 3. The van der Waals surface area contributed by atoms with Crippen LogP contribution in [-0.4, -0.2) is 20.4 Å². The number of allylic oxidation sites excluding steroid dienone is 4. The van der Waals surface area contributed by atoms with Gasteiger partial charge in [0, 0.05) is 12.6 Å². The molecule has 0 spiro atoms. The molecule has 20 heavy (non-hydrogen) atoms. The van der Waals surface area contributed by atoms with Gasteiger partial charge in [0.15, 0.2) is 5.65 Å². The van der Waals surface area contributed by atoms with Crippen LogP contribution in [0.15, 0.2) is 41.3 Å². The highest BCUT2D eigenvalue weighted by Gasteiger charge is 2.24. The van der Waals surface area contributed by atoms with Gasteiger partial charge in [0.2, 0.25) is 5.82 Å². The monoisotopic (exact) mass is 292 g/mol. The summed E-state index contributed by atoms with van der Waals surface area (Å²) in [5.41, 5.74) is 6.37. The molecule has 2 N–H and O–H groups in total. The third kappa shape index (κ3) is 1.98. The van der Waals surface area contributed by atoms with E-state index in [1.165, 1.54) is 10.6 Å². The van der Waals surface area contributed by atoms with Crippen molar-refractivity contribution in [2.24, 2.45) is 5.73 Å². The average molecular weight is 293 g/mol. The summed E-state index contributed by atoms with van der Waals surface area (Å²) in [5, 5.41) is 0.0688. The van der Waals surface area contributed by atoms with E-state index in [1.807, 2.05) is 0 Å². The molecule has 0 fully saturated rings. The van der Waals surface area contributed by atoms with E-state index in [9.17, 15) is 9.18 Å². The Morgan fingerprint density at radius 1 is 1.55 bits per heavy atom. The maximum absolute atomic E-state index is 13.7. The number of nitrogens with two attached hydrogens (primary N) is 1. The highest BCUT2D eigenvalue weighted by atomic mass is 35.5. The number of nitrogens with zero attached hydrogens (tertiary/aromatic N) is 3. The minimum atomic E-state index is -0.683. The van der Waals surface area contributed by atoms with Crippen LogP contribution in [0.2, 0.25) is 0 Å². The summed E-state index contributed by atoms with van der Waals surface area (Å²) in [7, 11) is 0. The number of primary amides is 1. The number of carbonyl (C=O) groups excluding carboxylic acids is 1. The smallest absolute Gasteiger partial charge is 0.284 e. The van der Waals surface area contributed by atoms with Crippen LogP contribution in [0.25, 0.3) is 11.2 Å². The third-order valence-corrected chi connectivity index (χ3v) is 3.44. The van der Waals surface area contributed by atoms with Crippen molar-refractivity contribution in [1.82, 2.24) is 14.5 Å². The van der Waals surface area contributed by atoms with Crippen LogP contribution in [0.3, 0.4) is 0 Å². The highest BCUT2D eigenvalue weighted by molar-refractivity contribution is 6.31. The summed E-state index contributed by atoms with van der Waals surface area (Å²) in [6.45, 7) is 0. The summed E-state index contributed by atoms with van der Waals surface area (Å²) in [5.74, 6) is -1.07. The summed E-state index contributed by atoms with van der Waals surface area (Å²) >= 11 is 5.70. The Bertz CT molecular complexity index is 765. The van der Waals surface area contributed by atoms with Crippen molar-refractivity contribution >= 4 is 28.7 Å². The first-order valence-corrected chi connectivity index (χ1v) is 6.31. The molecule has 0 saturated carbocycles. The Balaban J connectivity index is 2.18. The topological polar surface area (TPSA) is 73.8 Å². The molecule has 1 amide bonds. The molecule has 5 nitrogen and oxygen atoms in total. The molecule has 0 aliphatic heterocycles. The van der Waals surface area contributed by atoms with Gasteiger partial charge in [-0.05, 0) is 18.2 Å². The van der Waals surface area contributed by atoms with Crippen molar-refractivity contribution in [2.75, 3.05) is 0 Å². The third-order valence-electron chi connectivity index (χ3n) is 3.11. The van der Waals surface area contributed by atoms with E-state index < -0.39 is 17.8 Å². The second kappa shape index (κ2) is 4.72. The van der Waals surface area contributed by atoms with Gasteiger partial charge in [-0.15, -0.1) is 0 Å². The summed E-state index contributed by atoms with van der Waals surface area (Å²) in [6.07, 6.45) is 4.78. The van der Waals surface area contributed by atoms with Gasteiger partial charge in [0.1, 0.15) is 11.3 Å². The first kappa shape index (κ1) is 12.8. The number of rotatable bonds is 2. The van der Waals surface area contributed by atoms with E-state index in [1.54, 1.807) is 24.4 Å². The van der Waals surface area contributed by atoms with Crippen LogP contribution < -0.4 is 5.73 Å². The fourth-order valence-corrected chi connectivity index (χ4v) is 2.38. The molecule has 2 heterocycles. The zero-order valence-electron chi connectivity index (χ0n) is 10.3. The Morgan fingerprint density at radius 2 is 2.35 bits per heavy atom. The number of carbonyl (C=O) groups is 1. The second-order valence-corrected chi connectivity index (χ2v) is 4.81. The Labute approximate surface area is 118 Å². The van der Waals surface area contributed by atoms with Crippen LogP contribution >= 0.6 is 11.6 Å². The van der Waals surface area contributed by atoms with Crippen molar-refractivity contribution in [1.29, 1.82) is 0 Å². The number of amides is 1. The van der Waals surface area contributed by atoms with Crippen LogP contribution in [0, 0.1) is 0 Å². The van der Waals surface area contributed by atoms with E-state index in [4.69, 9.17) is 17.3 Å². The Morgan fingerprint density at radius 3 is 3.05 bits per heavy atom. The fraction of sp³-hybridized carbons (Fsp3) is 0.154. The molecule has 2 aromatic rings. The average Bonchev–Trinajstić information content (AvgIpc) is 2.81. The summed E-state index contributed by atoms with van der Waals surface area (Å²) in [6, 6.07) is 3.00. The predicted octanol–water partition coefficient (Wildman–Crippen LogP) is 2.45. The van der Waals surface area contributed by atoms with Crippen LogP contribution in [0.1, 0.15) is 23.1 Å². The lowest BCUT2D eigenvalue weighted by molar-refractivity contribution is 0.0985. The normalized spacial score (nSPS) is 18.8. The Kier molecular flexibility index (Phi) is 3.02. The van der Waals surface area contributed by atoms with Gasteiger partial charge in [-0.3, -0.25) is 9.36 Å². The second-order valence-electron chi connectivity index (χ2n) is 4.40. The number of imidazole rings is 1. The molecule has 1 atom stereocenters. The van der Waals surface area contributed by atoms with Crippen molar-refractivity contribution in [3.05, 3.63) is 47.2 Å². The SMILES string of the molecule is NC(=O)c1nc2cccnc2n1C1C=CC(Cl)=C(F)C1. The Hall–Kier alpha value is -2.21. The predicted molar refractivity (Wildman–Crippen MR) is 72.8 cm³/mol. The number of aromatic nitrogens is 3.